The highest BCUT2D eigenvalue weighted by atomic mass is 16.1. The molecular weight excluding hydrogens is 214 g/mol. The Bertz CT molecular complexity index is 397. The summed E-state index contributed by atoms with van der Waals surface area (Å²) < 4.78 is 2.10. The van der Waals surface area contributed by atoms with Gasteiger partial charge in [0, 0.05) is 37.9 Å². The van der Waals surface area contributed by atoms with Crippen molar-refractivity contribution in [1.29, 1.82) is 0 Å². The SMILES string of the molecule is CCNC(=O)CCn1cc2c(c1)C(N)CCC2. The second kappa shape index (κ2) is 5.36. The Balaban J connectivity index is 1.96. The van der Waals surface area contributed by atoms with Crippen LogP contribution in [0, 0.1) is 0 Å². The minimum absolute atomic E-state index is 0.114. The van der Waals surface area contributed by atoms with Crippen molar-refractivity contribution in [1.82, 2.24) is 9.88 Å². The molecule has 1 aliphatic rings. The number of hydrogen-bond acceptors (Lipinski definition) is 2. The van der Waals surface area contributed by atoms with E-state index in [1.165, 1.54) is 17.5 Å². The van der Waals surface area contributed by atoms with E-state index in [1.807, 2.05) is 6.92 Å². The maximum atomic E-state index is 11.4. The first-order chi connectivity index (χ1) is 8.20. The van der Waals surface area contributed by atoms with E-state index in [-0.39, 0.29) is 11.9 Å². The molecule has 1 aliphatic carbocycles. The molecule has 0 aromatic carbocycles. The lowest BCUT2D eigenvalue weighted by molar-refractivity contribution is -0.121. The summed E-state index contributed by atoms with van der Waals surface area (Å²) in [4.78, 5) is 11.4. The van der Waals surface area contributed by atoms with Crippen LogP contribution in [0.25, 0.3) is 0 Å². The van der Waals surface area contributed by atoms with Crippen molar-refractivity contribution >= 4 is 5.91 Å². The van der Waals surface area contributed by atoms with Gasteiger partial charge in [0.25, 0.3) is 0 Å². The lowest BCUT2D eigenvalue weighted by Gasteiger charge is -2.17. The third-order valence-electron chi connectivity index (χ3n) is 3.33. The Morgan fingerprint density at radius 2 is 2.41 bits per heavy atom. The summed E-state index contributed by atoms with van der Waals surface area (Å²) in [5.74, 6) is 0.114. The Hall–Kier alpha value is -1.29. The minimum atomic E-state index is 0.114. The van der Waals surface area contributed by atoms with Crippen LogP contribution in [-0.2, 0) is 17.8 Å². The monoisotopic (exact) mass is 235 g/mol. The number of rotatable bonds is 4. The number of nitrogens with one attached hydrogen (secondary N) is 1. The van der Waals surface area contributed by atoms with E-state index in [0.717, 1.165) is 19.4 Å². The topological polar surface area (TPSA) is 60.0 Å². The fourth-order valence-corrected chi connectivity index (χ4v) is 2.43. The summed E-state index contributed by atoms with van der Waals surface area (Å²) in [6.07, 6.45) is 8.17. The number of hydrogen-bond donors (Lipinski definition) is 2. The summed E-state index contributed by atoms with van der Waals surface area (Å²) in [7, 11) is 0. The molecule has 4 heteroatoms. The number of nitrogens with zero attached hydrogens (tertiary/aromatic N) is 1. The molecule has 2 rings (SSSR count). The number of carbonyl (C=O) groups excluding carboxylic acids is 1. The van der Waals surface area contributed by atoms with Crippen LogP contribution >= 0.6 is 0 Å². The molecule has 1 aromatic heterocycles. The molecule has 0 radical (unpaired) electrons. The van der Waals surface area contributed by atoms with Gasteiger partial charge in [-0.15, -0.1) is 0 Å². The van der Waals surface area contributed by atoms with Crippen molar-refractivity contribution < 1.29 is 4.79 Å². The second-order valence-corrected chi connectivity index (χ2v) is 4.68. The predicted octanol–water partition coefficient (Wildman–Crippen LogP) is 1.35. The van der Waals surface area contributed by atoms with Gasteiger partial charge in [0.2, 0.25) is 5.91 Å². The maximum Gasteiger partial charge on any atom is 0.221 e. The molecule has 1 amide bonds. The molecule has 1 heterocycles. The normalized spacial score (nSPS) is 18.8. The largest absolute Gasteiger partial charge is 0.356 e. The number of nitrogens with two attached hydrogens (primary N) is 1. The highest BCUT2D eigenvalue weighted by molar-refractivity contribution is 5.75. The minimum Gasteiger partial charge on any atom is -0.356 e. The highest BCUT2D eigenvalue weighted by Gasteiger charge is 2.18. The fourth-order valence-electron chi connectivity index (χ4n) is 2.43. The first-order valence-electron chi connectivity index (χ1n) is 6.41. The quantitative estimate of drug-likeness (QED) is 0.827. The van der Waals surface area contributed by atoms with Crippen LogP contribution in [0.5, 0.6) is 0 Å². The van der Waals surface area contributed by atoms with E-state index in [9.17, 15) is 4.79 Å². The smallest absolute Gasteiger partial charge is 0.221 e. The summed E-state index contributed by atoms with van der Waals surface area (Å²) >= 11 is 0. The molecule has 0 fully saturated rings. The van der Waals surface area contributed by atoms with E-state index < -0.39 is 0 Å². The molecule has 0 spiro atoms. The zero-order valence-corrected chi connectivity index (χ0v) is 10.4. The Labute approximate surface area is 102 Å². The molecule has 0 bridgehead atoms. The van der Waals surface area contributed by atoms with Gasteiger partial charge in [-0.2, -0.15) is 0 Å². The van der Waals surface area contributed by atoms with E-state index in [1.54, 1.807) is 0 Å². The first-order valence-corrected chi connectivity index (χ1v) is 6.41. The number of fused-ring (bicyclic) bond motifs is 1. The van der Waals surface area contributed by atoms with Gasteiger partial charge in [0.15, 0.2) is 0 Å². The molecule has 0 saturated carbocycles. The van der Waals surface area contributed by atoms with Crippen LogP contribution in [0.3, 0.4) is 0 Å². The average Bonchev–Trinajstić information content (AvgIpc) is 2.71. The zero-order chi connectivity index (χ0) is 12.3. The third kappa shape index (κ3) is 2.88. The van der Waals surface area contributed by atoms with Crippen LogP contribution in [0.15, 0.2) is 12.4 Å². The molecule has 1 atom stereocenters. The third-order valence-corrected chi connectivity index (χ3v) is 3.33. The van der Waals surface area contributed by atoms with Crippen molar-refractivity contribution in [3.8, 4) is 0 Å². The van der Waals surface area contributed by atoms with Crippen LogP contribution in [0.4, 0.5) is 0 Å². The van der Waals surface area contributed by atoms with Crippen LogP contribution in [-0.4, -0.2) is 17.0 Å². The summed E-state index contributed by atoms with van der Waals surface area (Å²) in [5.41, 5.74) is 8.70. The molecule has 0 aliphatic heterocycles. The summed E-state index contributed by atoms with van der Waals surface area (Å²) in [6.45, 7) is 3.38. The number of aryl methyl sites for hydroxylation is 2. The molecule has 0 saturated heterocycles. The second-order valence-electron chi connectivity index (χ2n) is 4.68. The van der Waals surface area contributed by atoms with Crippen molar-refractivity contribution in [2.45, 2.75) is 45.2 Å². The van der Waals surface area contributed by atoms with Gasteiger partial charge in [-0.3, -0.25) is 4.79 Å². The van der Waals surface area contributed by atoms with Crippen molar-refractivity contribution in [2.24, 2.45) is 5.73 Å². The first kappa shape index (κ1) is 12.2. The number of carbonyl (C=O) groups is 1. The zero-order valence-electron chi connectivity index (χ0n) is 10.4. The fraction of sp³-hybridized carbons (Fsp3) is 0.615. The Morgan fingerprint density at radius 1 is 1.59 bits per heavy atom. The summed E-state index contributed by atoms with van der Waals surface area (Å²) in [6, 6.07) is 0.185. The van der Waals surface area contributed by atoms with Crippen LogP contribution in [0.2, 0.25) is 0 Å². The molecule has 94 valence electrons. The average molecular weight is 235 g/mol. The van der Waals surface area contributed by atoms with Gasteiger partial charge >= 0.3 is 0 Å². The predicted molar refractivity (Wildman–Crippen MR) is 67.6 cm³/mol. The van der Waals surface area contributed by atoms with Gasteiger partial charge in [0.1, 0.15) is 0 Å². The maximum absolute atomic E-state index is 11.4. The molecule has 1 unspecified atom stereocenters. The molecule has 17 heavy (non-hydrogen) atoms. The Kier molecular flexibility index (Phi) is 3.84. The van der Waals surface area contributed by atoms with E-state index in [0.29, 0.717) is 13.0 Å². The molecule has 3 N–H and O–H groups in total. The number of amides is 1. The van der Waals surface area contributed by atoms with E-state index >= 15 is 0 Å². The number of aromatic nitrogens is 1. The van der Waals surface area contributed by atoms with Crippen LogP contribution < -0.4 is 11.1 Å². The van der Waals surface area contributed by atoms with Crippen LogP contribution in [0.1, 0.15) is 43.4 Å². The van der Waals surface area contributed by atoms with Gasteiger partial charge < -0.3 is 15.6 Å². The lowest BCUT2D eigenvalue weighted by atomic mass is 9.92. The van der Waals surface area contributed by atoms with Crippen molar-refractivity contribution in [2.75, 3.05) is 6.54 Å². The summed E-state index contributed by atoms with van der Waals surface area (Å²) in [5, 5.41) is 2.81. The van der Waals surface area contributed by atoms with E-state index in [2.05, 4.69) is 22.3 Å². The van der Waals surface area contributed by atoms with Gasteiger partial charge in [-0.1, -0.05) is 0 Å². The Morgan fingerprint density at radius 3 is 3.12 bits per heavy atom. The standard InChI is InChI=1S/C13H21N3O/c1-2-15-13(17)6-7-16-8-10-4-3-5-12(14)11(10)9-16/h8-9,12H,2-7,14H2,1H3,(H,15,17). The van der Waals surface area contributed by atoms with Crippen molar-refractivity contribution in [3.63, 3.8) is 0 Å². The van der Waals surface area contributed by atoms with Crippen molar-refractivity contribution in [3.05, 3.63) is 23.5 Å². The van der Waals surface area contributed by atoms with Gasteiger partial charge in [-0.05, 0) is 37.3 Å². The highest BCUT2D eigenvalue weighted by Crippen LogP contribution is 2.28. The molecule has 1 aromatic rings. The molecule has 4 nitrogen and oxygen atoms in total. The lowest BCUT2D eigenvalue weighted by Crippen LogP contribution is -2.23. The van der Waals surface area contributed by atoms with E-state index in [4.69, 9.17) is 5.73 Å². The van der Waals surface area contributed by atoms with Gasteiger partial charge in [-0.25, -0.2) is 0 Å². The van der Waals surface area contributed by atoms with Gasteiger partial charge in [0.05, 0.1) is 0 Å². The molecular formula is C13H21N3O.